The Bertz CT molecular complexity index is 1160. The molecule has 2 aromatic carbocycles. The number of hydrogen-bond acceptors (Lipinski definition) is 5. The number of piperazine rings is 1. The van der Waals surface area contributed by atoms with E-state index in [0.29, 0.717) is 32.7 Å². The van der Waals surface area contributed by atoms with Crippen LogP contribution in [0.4, 0.5) is 10.6 Å². The summed E-state index contributed by atoms with van der Waals surface area (Å²) < 4.78 is 0. The summed E-state index contributed by atoms with van der Waals surface area (Å²) in [6, 6.07) is 21.6. The molecule has 1 aliphatic heterocycles. The predicted octanol–water partition coefficient (Wildman–Crippen LogP) is 4.28. The van der Waals surface area contributed by atoms with Gasteiger partial charge in [0.1, 0.15) is 6.54 Å². The average molecular weight is 501 g/mol. The van der Waals surface area contributed by atoms with E-state index in [1.165, 1.54) is 5.56 Å². The second-order valence-corrected chi connectivity index (χ2v) is 9.46. The molecule has 37 heavy (non-hydrogen) atoms. The van der Waals surface area contributed by atoms with Crippen LogP contribution in [-0.2, 0) is 4.79 Å². The van der Waals surface area contributed by atoms with E-state index < -0.39 is 0 Å². The summed E-state index contributed by atoms with van der Waals surface area (Å²) in [5, 5.41) is 11.8. The molecule has 0 radical (unpaired) electrons. The minimum Gasteiger partial charge on any atom is -0.352 e. The molecule has 0 spiro atoms. The van der Waals surface area contributed by atoms with Crippen molar-refractivity contribution in [3.05, 3.63) is 77.9 Å². The lowest BCUT2D eigenvalue weighted by Gasteiger charge is -2.37. The molecule has 0 saturated carbocycles. The van der Waals surface area contributed by atoms with Gasteiger partial charge in [-0.3, -0.25) is 4.79 Å². The van der Waals surface area contributed by atoms with Gasteiger partial charge >= 0.3 is 6.03 Å². The minimum absolute atomic E-state index is 0.0384. The van der Waals surface area contributed by atoms with Crippen LogP contribution in [0.5, 0.6) is 0 Å². The Hall–Kier alpha value is -3.94. The van der Waals surface area contributed by atoms with E-state index in [1.807, 2.05) is 73.3 Å². The SMILES string of the molecule is CCCNC(=O)N(CC(=O)N1CCN(c2ccc(-c3ccc(C)cc3)nn2)CC1)[C@H](C)c1ccccc1. The molecular formula is C29H36N6O2. The van der Waals surface area contributed by atoms with E-state index in [4.69, 9.17) is 0 Å². The third kappa shape index (κ3) is 6.64. The third-order valence-electron chi connectivity index (χ3n) is 6.80. The van der Waals surface area contributed by atoms with Crippen molar-refractivity contribution in [3.63, 3.8) is 0 Å². The van der Waals surface area contributed by atoms with E-state index in [9.17, 15) is 9.59 Å². The molecular weight excluding hydrogens is 464 g/mol. The van der Waals surface area contributed by atoms with Crippen LogP contribution in [-0.4, -0.2) is 71.2 Å². The summed E-state index contributed by atoms with van der Waals surface area (Å²) >= 11 is 0. The number of hydrogen-bond donors (Lipinski definition) is 1. The molecule has 0 unspecified atom stereocenters. The number of benzene rings is 2. The topological polar surface area (TPSA) is 81.7 Å². The minimum atomic E-state index is -0.217. The number of nitrogens with zero attached hydrogens (tertiary/aromatic N) is 5. The molecule has 1 saturated heterocycles. The molecule has 8 nitrogen and oxygen atoms in total. The van der Waals surface area contributed by atoms with E-state index in [2.05, 4.69) is 39.5 Å². The first kappa shape index (κ1) is 26.1. The first-order valence-corrected chi connectivity index (χ1v) is 13.0. The molecule has 2 heterocycles. The van der Waals surface area contributed by atoms with Crippen molar-refractivity contribution >= 4 is 17.8 Å². The van der Waals surface area contributed by atoms with Crippen molar-refractivity contribution in [3.8, 4) is 11.3 Å². The fraction of sp³-hybridized carbons (Fsp3) is 0.379. The quantitative estimate of drug-likeness (QED) is 0.499. The number of anilines is 1. The Balaban J connectivity index is 1.36. The van der Waals surface area contributed by atoms with Crippen LogP contribution >= 0.6 is 0 Å². The van der Waals surface area contributed by atoms with Crippen molar-refractivity contribution in [2.75, 3.05) is 44.2 Å². The molecule has 4 rings (SSSR count). The highest BCUT2D eigenvalue weighted by atomic mass is 16.2. The monoisotopic (exact) mass is 500 g/mol. The van der Waals surface area contributed by atoms with E-state index in [-0.39, 0.29) is 24.5 Å². The zero-order chi connectivity index (χ0) is 26.2. The van der Waals surface area contributed by atoms with Crippen molar-refractivity contribution < 1.29 is 9.59 Å². The lowest BCUT2D eigenvalue weighted by Crippen LogP contribution is -2.53. The van der Waals surface area contributed by atoms with E-state index in [1.54, 1.807) is 4.90 Å². The van der Waals surface area contributed by atoms with Gasteiger partial charge in [0.25, 0.3) is 0 Å². The number of urea groups is 1. The number of rotatable bonds is 8. The third-order valence-corrected chi connectivity index (χ3v) is 6.80. The molecule has 8 heteroatoms. The summed E-state index contributed by atoms with van der Waals surface area (Å²) in [5.41, 5.74) is 4.09. The normalized spacial score (nSPS) is 14.2. The van der Waals surface area contributed by atoms with Gasteiger partial charge in [-0.2, -0.15) is 0 Å². The zero-order valence-electron chi connectivity index (χ0n) is 21.9. The fourth-order valence-electron chi connectivity index (χ4n) is 4.43. The number of carbonyl (C=O) groups is 2. The van der Waals surface area contributed by atoms with Crippen molar-refractivity contribution in [1.82, 2.24) is 25.3 Å². The van der Waals surface area contributed by atoms with E-state index >= 15 is 0 Å². The first-order chi connectivity index (χ1) is 18.0. The maximum absolute atomic E-state index is 13.2. The van der Waals surface area contributed by atoms with Crippen LogP contribution in [0.2, 0.25) is 0 Å². The molecule has 1 N–H and O–H groups in total. The molecule has 0 aliphatic carbocycles. The van der Waals surface area contributed by atoms with E-state index in [0.717, 1.165) is 29.1 Å². The van der Waals surface area contributed by atoms with Gasteiger partial charge in [-0.25, -0.2) is 4.79 Å². The molecule has 3 amide bonds. The fourth-order valence-corrected chi connectivity index (χ4v) is 4.43. The summed E-state index contributed by atoms with van der Waals surface area (Å²) in [7, 11) is 0. The van der Waals surface area contributed by atoms with Crippen LogP contribution in [0.3, 0.4) is 0 Å². The van der Waals surface area contributed by atoms with Crippen LogP contribution in [0.1, 0.15) is 37.4 Å². The molecule has 1 aliphatic rings. The summed E-state index contributed by atoms with van der Waals surface area (Å²) in [6.07, 6.45) is 0.837. The van der Waals surface area contributed by atoms with Gasteiger partial charge in [0.05, 0.1) is 11.7 Å². The molecule has 3 aromatic rings. The highest BCUT2D eigenvalue weighted by Gasteiger charge is 2.28. The number of amides is 3. The maximum atomic E-state index is 13.2. The Labute approximate surface area is 219 Å². The second-order valence-electron chi connectivity index (χ2n) is 9.46. The van der Waals surface area contributed by atoms with Crippen LogP contribution in [0.15, 0.2) is 66.7 Å². The van der Waals surface area contributed by atoms with Crippen molar-refractivity contribution in [2.45, 2.75) is 33.2 Å². The molecule has 194 valence electrons. The lowest BCUT2D eigenvalue weighted by atomic mass is 10.1. The Morgan fingerprint density at radius 2 is 1.65 bits per heavy atom. The van der Waals surface area contributed by atoms with Crippen molar-refractivity contribution in [2.24, 2.45) is 0 Å². The van der Waals surface area contributed by atoms with Gasteiger partial charge in [-0.05, 0) is 38.0 Å². The molecule has 0 bridgehead atoms. The highest BCUT2D eigenvalue weighted by molar-refractivity contribution is 5.84. The zero-order valence-corrected chi connectivity index (χ0v) is 21.9. The standard InChI is InChI=1S/C29H36N6O2/c1-4-16-30-29(37)35(23(3)24-8-6-5-7-9-24)21-28(36)34-19-17-33(18-20-34)27-15-14-26(31-32-27)25-12-10-22(2)11-13-25/h5-15,23H,4,16-21H2,1-3H3,(H,30,37)/t23-/m1/s1. The lowest BCUT2D eigenvalue weighted by molar-refractivity contribution is -0.132. The largest absolute Gasteiger partial charge is 0.352 e. The molecule has 1 fully saturated rings. The number of aryl methyl sites for hydroxylation is 1. The van der Waals surface area contributed by atoms with Gasteiger partial charge < -0.3 is 20.0 Å². The van der Waals surface area contributed by atoms with Crippen LogP contribution < -0.4 is 10.2 Å². The summed E-state index contributed by atoms with van der Waals surface area (Å²) in [6.45, 7) is 9.13. The van der Waals surface area contributed by atoms with Crippen LogP contribution in [0.25, 0.3) is 11.3 Å². The van der Waals surface area contributed by atoms with Gasteiger partial charge in [0, 0.05) is 38.3 Å². The number of aromatic nitrogens is 2. The Morgan fingerprint density at radius 3 is 2.27 bits per heavy atom. The molecule has 1 aromatic heterocycles. The van der Waals surface area contributed by atoms with Gasteiger partial charge in [0.15, 0.2) is 5.82 Å². The average Bonchev–Trinajstić information content (AvgIpc) is 2.95. The van der Waals surface area contributed by atoms with Gasteiger partial charge in [-0.15, -0.1) is 10.2 Å². The number of carbonyl (C=O) groups excluding carboxylic acids is 2. The predicted molar refractivity (Wildman–Crippen MR) is 146 cm³/mol. The van der Waals surface area contributed by atoms with Crippen LogP contribution in [0, 0.1) is 6.92 Å². The smallest absolute Gasteiger partial charge is 0.318 e. The van der Waals surface area contributed by atoms with Gasteiger partial charge in [-0.1, -0.05) is 67.1 Å². The van der Waals surface area contributed by atoms with Crippen molar-refractivity contribution in [1.29, 1.82) is 0 Å². The van der Waals surface area contributed by atoms with Gasteiger partial charge in [0.2, 0.25) is 5.91 Å². The first-order valence-electron chi connectivity index (χ1n) is 13.0. The highest BCUT2D eigenvalue weighted by Crippen LogP contribution is 2.22. The Morgan fingerprint density at radius 1 is 0.946 bits per heavy atom. The maximum Gasteiger partial charge on any atom is 0.318 e. The molecule has 1 atom stereocenters. The second kappa shape index (κ2) is 12.3. The Kier molecular flexibility index (Phi) is 8.72. The number of nitrogens with one attached hydrogen (secondary N) is 1. The summed E-state index contributed by atoms with van der Waals surface area (Å²) in [5.74, 6) is 0.760. The summed E-state index contributed by atoms with van der Waals surface area (Å²) in [4.78, 5) is 31.8.